The Labute approximate surface area is 128 Å². The zero-order valence-electron chi connectivity index (χ0n) is 7.58. The third kappa shape index (κ3) is 4.83. The molecule has 1 aromatic carbocycles. The van der Waals surface area contributed by atoms with Gasteiger partial charge in [0.25, 0.3) is 0 Å². The molecule has 0 saturated heterocycles. The molecule has 0 atom stereocenters. The van der Waals surface area contributed by atoms with E-state index >= 15 is 0 Å². The van der Waals surface area contributed by atoms with E-state index in [0.717, 1.165) is 18.2 Å². The van der Waals surface area contributed by atoms with Gasteiger partial charge in [-0.1, -0.05) is 12.1 Å². The molecule has 0 unspecified atom stereocenters. The third-order valence-electron chi connectivity index (χ3n) is 1.35. The molecule has 1 rings (SSSR count). The minimum absolute atomic E-state index is 0. The predicted molar refractivity (Wildman–Crippen MR) is 40.8 cm³/mol. The van der Waals surface area contributed by atoms with Gasteiger partial charge in [-0.25, -0.2) is 0 Å². The fraction of sp³-hybridized carbons (Fsp3) is 0.143. The molecule has 0 radical (unpaired) electrons. The van der Waals surface area contributed by atoms with Gasteiger partial charge in [-0.2, -0.15) is 13.2 Å². The molecule has 0 spiro atoms. The molecule has 78 valence electrons. The molecule has 0 fully saturated rings. The molecule has 8 heteroatoms. The first kappa shape index (κ1) is 15.4. The van der Waals surface area contributed by atoms with Gasteiger partial charge in [0.05, 0.1) is 5.56 Å². The first-order valence-corrected chi connectivity index (χ1v) is 4.35. The molecule has 0 aliphatic heterocycles. The molecule has 1 aromatic rings. The van der Waals surface area contributed by atoms with Crippen LogP contribution in [-0.2, 0) is 25.6 Å². The summed E-state index contributed by atoms with van der Waals surface area (Å²) >= 11 is 0. The van der Waals surface area contributed by atoms with Crippen LogP contribution in [0.5, 0.6) is 5.75 Å². The van der Waals surface area contributed by atoms with Crippen molar-refractivity contribution >= 4 is 11.0 Å². The van der Waals surface area contributed by atoms with Crippen molar-refractivity contribution in [1.82, 2.24) is 0 Å². The van der Waals surface area contributed by atoms with Crippen LogP contribution in [0.4, 0.5) is 13.2 Å². The summed E-state index contributed by atoms with van der Waals surface area (Å²) in [6.45, 7) is 0. The van der Waals surface area contributed by atoms with Crippen molar-refractivity contribution in [1.29, 1.82) is 0 Å². The minimum atomic E-state index is -4.63. The first-order valence-electron chi connectivity index (χ1n) is 3.35. The number of rotatable bonds is 2. The largest absolute Gasteiger partial charge is 1.00 e. The van der Waals surface area contributed by atoms with Crippen molar-refractivity contribution in [2.45, 2.75) is 6.18 Å². The summed E-state index contributed by atoms with van der Waals surface area (Å²) in [6, 6.07) is 4.06. The molecule has 0 amide bonds. The van der Waals surface area contributed by atoms with Crippen LogP contribution in [0.1, 0.15) is 5.56 Å². The predicted octanol–water partition coefficient (Wildman–Crippen LogP) is -0.688. The molecule has 0 aromatic heterocycles. The van der Waals surface area contributed by atoms with Gasteiger partial charge in [-0.15, -0.1) is 0 Å². The maximum Gasteiger partial charge on any atom is 1.00 e. The average Bonchev–Trinajstić information content (AvgIpc) is 2.01. The van der Waals surface area contributed by atoms with E-state index in [2.05, 4.69) is 4.18 Å². The van der Waals surface area contributed by atoms with Gasteiger partial charge in [0.2, 0.25) is 0 Å². The monoisotopic (exact) mass is 264 g/mol. The summed E-state index contributed by atoms with van der Waals surface area (Å²) in [5, 5.41) is 0. The minimum Gasteiger partial charge on any atom is -0.532 e. The summed E-state index contributed by atoms with van der Waals surface area (Å²) in [7, 11) is -3.01. The Kier molecular flexibility index (Phi) is 6.37. The van der Waals surface area contributed by atoms with Crippen LogP contribution in [-0.4, -0.2) is 0 Å². The van der Waals surface area contributed by atoms with E-state index in [1.165, 1.54) is 6.07 Å². The van der Waals surface area contributed by atoms with E-state index in [-0.39, 0.29) is 51.4 Å². The molecule has 15 heavy (non-hydrogen) atoms. The van der Waals surface area contributed by atoms with Crippen molar-refractivity contribution in [2.75, 3.05) is 0 Å². The molecular weight excluding hydrogens is 260 g/mol. The van der Waals surface area contributed by atoms with E-state index in [0.29, 0.717) is 0 Å². The molecule has 0 heterocycles. The van der Waals surface area contributed by atoms with Crippen LogP contribution in [0, 0.1) is 0 Å². The van der Waals surface area contributed by atoms with Gasteiger partial charge in [-0.05, 0) is 12.1 Å². The SMILES string of the molecule is O=[S-](=O)Oc1ccccc1C(F)(F)F.[K+]. The van der Waals surface area contributed by atoms with Gasteiger partial charge in [0.1, 0.15) is 16.7 Å². The van der Waals surface area contributed by atoms with E-state index < -0.39 is 28.5 Å². The van der Waals surface area contributed by atoms with E-state index in [1.807, 2.05) is 0 Å². The first-order chi connectivity index (χ1) is 6.41. The number of hydrogen-bond donors (Lipinski definition) is 0. The molecular formula is C7H4F3KO3S. The summed E-state index contributed by atoms with van der Waals surface area (Å²) in [5.74, 6) is -0.728. The van der Waals surface area contributed by atoms with Crippen LogP contribution < -0.4 is 55.6 Å². The second-order valence-corrected chi connectivity index (χ2v) is 2.86. The molecule has 0 N–H and O–H groups in total. The zero-order chi connectivity index (χ0) is 10.8. The molecule has 0 aliphatic carbocycles. The van der Waals surface area contributed by atoms with Gasteiger partial charge in [-0.3, -0.25) is 0 Å². The second kappa shape index (κ2) is 6.21. The van der Waals surface area contributed by atoms with Crippen molar-refractivity contribution in [3.63, 3.8) is 0 Å². The Bertz CT molecular complexity index is 395. The number of para-hydroxylation sites is 1. The van der Waals surface area contributed by atoms with Gasteiger partial charge in [0.15, 0.2) is 0 Å². The Morgan fingerprint density at radius 3 is 2.13 bits per heavy atom. The van der Waals surface area contributed by atoms with Gasteiger partial charge in [0, 0.05) is 0 Å². The van der Waals surface area contributed by atoms with Crippen LogP contribution in [0.15, 0.2) is 24.3 Å². The summed E-state index contributed by atoms with van der Waals surface area (Å²) in [6.07, 6.45) is -4.63. The normalized spacial score (nSPS) is 10.9. The molecule has 0 bridgehead atoms. The maximum absolute atomic E-state index is 12.2. The Hall–Kier alpha value is 0.396. The molecule has 0 saturated carbocycles. The molecule has 3 nitrogen and oxygen atoms in total. The van der Waals surface area contributed by atoms with E-state index in [4.69, 9.17) is 0 Å². The smallest absolute Gasteiger partial charge is 0.532 e. The average molecular weight is 264 g/mol. The van der Waals surface area contributed by atoms with Gasteiger partial charge < -0.3 is 12.6 Å². The number of benzene rings is 1. The van der Waals surface area contributed by atoms with E-state index in [1.54, 1.807) is 0 Å². The fourth-order valence-corrected chi connectivity index (χ4v) is 1.14. The Morgan fingerprint density at radius 1 is 1.13 bits per heavy atom. The zero-order valence-corrected chi connectivity index (χ0v) is 11.5. The molecule has 0 aliphatic rings. The fourth-order valence-electron chi connectivity index (χ4n) is 0.847. The van der Waals surface area contributed by atoms with Crippen molar-refractivity contribution in [2.24, 2.45) is 0 Å². The summed E-state index contributed by atoms with van der Waals surface area (Å²) in [5.41, 5.74) is -1.12. The van der Waals surface area contributed by atoms with Gasteiger partial charge >= 0.3 is 57.6 Å². The van der Waals surface area contributed by atoms with Crippen molar-refractivity contribution in [3.05, 3.63) is 29.8 Å². The van der Waals surface area contributed by atoms with Crippen molar-refractivity contribution < 1.29 is 77.2 Å². The quantitative estimate of drug-likeness (QED) is 0.525. The summed E-state index contributed by atoms with van der Waals surface area (Å²) in [4.78, 5) is 0. The Morgan fingerprint density at radius 2 is 1.67 bits per heavy atom. The number of hydrogen-bond acceptors (Lipinski definition) is 4. The van der Waals surface area contributed by atoms with Crippen LogP contribution in [0.3, 0.4) is 0 Å². The summed E-state index contributed by atoms with van der Waals surface area (Å²) < 4.78 is 60.7. The number of alkyl halides is 3. The second-order valence-electron chi connectivity index (χ2n) is 2.28. The van der Waals surface area contributed by atoms with Crippen LogP contribution >= 0.6 is 0 Å². The van der Waals surface area contributed by atoms with Crippen molar-refractivity contribution in [3.8, 4) is 5.75 Å². The standard InChI is InChI=1S/C7H4F3O3S.K/c8-7(9,10)5-3-1-2-4-6(5)13-14(11)12;/h1-4H;/q-1;+1. The third-order valence-corrected chi connectivity index (χ3v) is 1.67. The number of halogens is 3. The van der Waals surface area contributed by atoms with E-state index in [9.17, 15) is 21.6 Å². The Balaban J connectivity index is 0.00000196. The topological polar surface area (TPSA) is 43.4 Å². The van der Waals surface area contributed by atoms with Crippen LogP contribution in [0.25, 0.3) is 0 Å². The maximum atomic E-state index is 12.2. The van der Waals surface area contributed by atoms with Crippen LogP contribution in [0.2, 0.25) is 0 Å².